The van der Waals surface area contributed by atoms with Gasteiger partial charge in [-0.25, -0.2) is 9.37 Å². The highest BCUT2D eigenvalue weighted by Crippen LogP contribution is 2.24. The molecule has 4 heteroatoms. The van der Waals surface area contributed by atoms with Gasteiger partial charge < -0.3 is 10.3 Å². The van der Waals surface area contributed by atoms with Gasteiger partial charge in [0, 0.05) is 30.4 Å². The first kappa shape index (κ1) is 12.8. The van der Waals surface area contributed by atoms with Crippen molar-refractivity contribution in [1.29, 1.82) is 0 Å². The number of nitrogens with zero attached hydrogens (tertiary/aromatic N) is 2. The molecule has 18 heavy (non-hydrogen) atoms. The van der Waals surface area contributed by atoms with Crippen LogP contribution in [0.5, 0.6) is 0 Å². The molecule has 0 saturated heterocycles. The van der Waals surface area contributed by atoms with E-state index in [0.29, 0.717) is 5.56 Å². The summed E-state index contributed by atoms with van der Waals surface area (Å²) < 4.78 is 15.8. The Bertz CT molecular complexity index is 532. The highest BCUT2D eigenvalue weighted by atomic mass is 19.1. The van der Waals surface area contributed by atoms with Crippen LogP contribution in [-0.2, 0) is 6.42 Å². The second-order valence-electron chi connectivity index (χ2n) is 4.42. The van der Waals surface area contributed by atoms with Crippen molar-refractivity contribution < 1.29 is 4.39 Å². The van der Waals surface area contributed by atoms with E-state index in [9.17, 15) is 4.39 Å². The van der Waals surface area contributed by atoms with Crippen LogP contribution in [0.1, 0.15) is 37.7 Å². The van der Waals surface area contributed by atoms with Gasteiger partial charge in [0.1, 0.15) is 11.6 Å². The summed E-state index contributed by atoms with van der Waals surface area (Å²) >= 11 is 0. The third-order valence-corrected chi connectivity index (χ3v) is 2.94. The lowest BCUT2D eigenvalue weighted by atomic mass is 10.1. The molecule has 0 aliphatic rings. The van der Waals surface area contributed by atoms with Crippen LogP contribution in [0.3, 0.4) is 0 Å². The van der Waals surface area contributed by atoms with E-state index in [1.807, 2.05) is 16.8 Å². The maximum Gasteiger partial charge on any atom is 0.130 e. The van der Waals surface area contributed by atoms with Gasteiger partial charge in [0.2, 0.25) is 0 Å². The van der Waals surface area contributed by atoms with E-state index in [-0.39, 0.29) is 11.9 Å². The molecule has 0 aliphatic carbocycles. The Morgan fingerprint density at radius 2 is 2.22 bits per heavy atom. The van der Waals surface area contributed by atoms with E-state index in [1.54, 1.807) is 19.2 Å². The fourth-order valence-electron chi connectivity index (χ4n) is 2.15. The van der Waals surface area contributed by atoms with Crippen molar-refractivity contribution in [3.8, 4) is 5.69 Å². The van der Waals surface area contributed by atoms with Crippen LogP contribution >= 0.6 is 0 Å². The number of imidazole rings is 1. The molecular weight excluding hydrogens is 229 g/mol. The van der Waals surface area contributed by atoms with E-state index in [4.69, 9.17) is 5.73 Å². The maximum absolute atomic E-state index is 13.9. The third-order valence-electron chi connectivity index (χ3n) is 2.94. The molecule has 0 bridgehead atoms. The Kier molecular flexibility index (Phi) is 3.77. The number of rotatable bonds is 4. The summed E-state index contributed by atoms with van der Waals surface area (Å²) in [4.78, 5) is 4.31. The monoisotopic (exact) mass is 247 g/mol. The summed E-state index contributed by atoms with van der Waals surface area (Å²) in [6.45, 7) is 3.88. The SMILES string of the molecule is CCCc1nccn1-c1cccc(F)c1[C@H](C)N. The first-order valence-electron chi connectivity index (χ1n) is 6.21. The highest BCUT2D eigenvalue weighted by Gasteiger charge is 2.15. The fraction of sp³-hybridized carbons (Fsp3) is 0.357. The fourth-order valence-corrected chi connectivity index (χ4v) is 2.15. The van der Waals surface area contributed by atoms with E-state index in [1.165, 1.54) is 6.07 Å². The lowest BCUT2D eigenvalue weighted by Gasteiger charge is -2.16. The summed E-state index contributed by atoms with van der Waals surface area (Å²) in [6.07, 6.45) is 5.45. The third kappa shape index (κ3) is 2.29. The topological polar surface area (TPSA) is 43.8 Å². The summed E-state index contributed by atoms with van der Waals surface area (Å²) in [5.74, 6) is 0.670. The molecule has 0 fully saturated rings. The molecule has 0 unspecified atom stereocenters. The zero-order valence-electron chi connectivity index (χ0n) is 10.7. The van der Waals surface area contributed by atoms with Gasteiger partial charge in [-0.05, 0) is 25.5 Å². The van der Waals surface area contributed by atoms with Crippen LogP contribution in [0.25, 0.3) is 5.69 Å². The molecule has 2 rings (SSSR count). The van der Waals surface area contributed by atoms with Crippen molar-refractivity contribution in [2.24, 2.45) is 5.73 Å². The molecule has 2 aromatic rings. The van der Waals surface area contributed by atoms with Crippen LogP contribution in [0.15, 0.2) is 30.6 Å². The smallest absolute Gasteiger partial charge is 0.130 e. The Morgan fingerprint density at radius 1 is 1.44 bits per heavy atom. The molecule has 0 saturated carbocycles. The van der Waals surface area contributed by atoms with Gasteiger partial charge in [-0.3, -0.25) is 0 Å². The first-order valence-corrected chi connectivity index (χ1v) is 6.21. The van der Waals surface area contributed by atoms with Crippen LogP contribution in [0, 0.1) is 5.82 Å². The normalized spacial score (nSPS) is 12.7. The van der Waals surface area contributed by atoms with Crippen molar-refractivity contribution in [3.05, 3.63) is 47.8 Å². The zero-order valence-corrected chi connectivity index (χ0v) is 10.7. The largest absolute Gasteiger partial charge is 0.324 e. The molecule has 1 aromatic heterocycles. The minimum absolute atomic E-state index is 0.265. The van der Waals surface area contributed by atoms with Crippen LogP contribution in [-0.4, -0.2) is 9.55 Å². The van der Waals surface area contributed by atoms with E-state index >= 15 is 0 Å². The Labute approximate surface area is 106 Å². The standard InChI is InChI=1S/C14H18FN3/c1-3-5-13-17-8-9-18(13)12-7-4-6-11(15)14(12)10(2)16/h4,6-10H,3,5,16H2,1-2H3/t10-/m0/s1. The molecule has 1 atom stereocenters. The molecule has 1 aromatic carbocycles. The number of hydrogen-bond donors (Lipinski definition) is 1. The minimum atomic E-state index is -0.349. The number of nitrogens with two attached hydrogens (primary N) is 1. The van der Waals surface area contributed by atoms with Gasteiger partial charge in [-0.2, -0.15) is 0 Å². The molecule has 3 nitrogen and oxygen atoms in total. The second-order valence-corrected chi connectivity index (χ2v) is 4.42. The molecular formula is C14H18FN3. The molecule has 0 spiro atoms. The molecule has 96 valence electrons. The van der Waals surface area contributed by atoms with E-state index in [0.717, 1.165) is 24.4 Å². The molecule has 2 N–H and O–H groups in total. The van der Waals surface area contributed by atoms with Gasteiger partial charge >= 0.3 is 0 Å². The van der Waals surface area contributed by atoms with Crippen molar-refractivity contribution in [1.82, 2.24) is 9.55 Å². The lowest BCUT2D eigenvalue weighted by Crippen LogP contribution is -2.13. The van der Waals surface area contributed by atoms with Crippen molar-refractivity contribution in [2.45, 2.75) is 32.7 Å². The lowest BCUT2D eigenvalue weighted by molar-refractivity contribution is 0.590. The number of halogens is 1. The zero-order chi connectivity index (χ0) is 13.1. The Hall–Kier alpha value is -1.68. The average Bonchev–Trinajstić information content (AvgIpc) is 2.76. The van der Waals surface area contributed by atoms with Gasteiger partial charge in [-0.15, -0.1) is 0 Å². The van der Waals surface area contributed by atoms with Gasteiger partial charge in [-0.1, -0.05) is 13.0 Å². The number of benzene rings is 1. The van der Waals surface area contributed by atoms with Gasteiger partial charge in [0.05, 0.1) is 5.69 Å². The minimum Gasteiger partial charge on any atom is -0.324 e. The predicted molar refractivity (Wildman–Crippen MR) is 70.1 cm³/mol. The van der Waals surface area contributed by atoms with Crippen molar-refractivity contribution in [2.75, 3.05) is 0 Å². The number of hydrogen-bond acceptors (Lipinski definition) is 2. The van der Waals surface area contributed by atoms with Crippen LogP contribution in [0.4, 0.5) is 4.39 Å². The first-order chi connectivity index (χ1) is 8.65. The summed E-state index contributed by atoms with van der Waals surface area (Å²) in [7, 11) is 0. The van der Waals surface area contributed by atoms with Gasteiger partial charge in [0.15, 0.2) is 0 Å². The maximum atomic E-state index is 13.9. The average molecular weight is 247 g/mol. The molecule has 0 radical (unpaired) electrons. The summed E-state index contributed by atoms with van der Waals surface area (Å²) in [6, 6.07) is 4.67. The molecule has 0 aliphatic heterocycles. The molecule has 0 amide bonds. The van der Waals surface area contributed by atoms with E-state index < -0.39 is 0 Å². The van der Waals surface area contributed by atoms with Crippen molar-refractivity contribution in [3.63, 3.8) is 0 Å². The Morgan fingerprint density at radius 3 is 2.89 bits per heavy atom. The molecule has 1 heterocycles. The number of aryl methyl sites for hydroxylation is 1. The highest BCUT2D eigenvalue weighted by molar-refractivity contribution is 5.44. The Balaban J connectivity index is 2.56. The number of aromatic nitrogens is 2. The summed E-state index contributed by atoms with van der Waals surface area (Å²) in [5.41, 5.74) is 7.19. The van der Waals surface area contributed by atoms with Gasteiger partial charge in [0.25, 0.3) is 0 Å². The second kappa shape index (κ2) is 5.31. The quantitative estimate of drug-likeness (QED) is 0.902. The van der Waals surface area contributed by atoms with Crippen LogP contribution in [0.2, 0.25) is 0 Å². The summed E-state index contributed by atoms with van der Waals surface area (Å²) in [5, 5.41) is 0. The predicted octanol–water partition coefficient (Wildman–Crippen LogP) is 2.98. The van der Waals surface area contributed by atoms with E-state index in [2.05, 4.69) is 11.9 Å². The van der Waals surface area contributed by atoms with Crippen LogP contribution < -0.4 is 5.73 Å². The van der Waals surface area contributed by atoms with Crippen molar-refractivity contribution >= 4 is 0 Å².